The zero-order valence-corrected chi connectivity index (χ0v) is 9.54. The van der Waals surface area contributed by atoms with Crippen molar-refractivity contribution in [3.63, 3.8) is 0 Å². The van der Waals surface area contributed by atoms with E-state index in [0.717, 1.165) is 0 Å². The summed E-state index contributed by atoms with van der Waals surface area (Å²) in [6.07, 6.45) is -4.45. The van der Waals surface area contributed by atoms with Crippen LogP contribution in [0.5, 0.6) is 0 Å². The second-order valence-electron chi connectivity index (χ2n) is 4.05. The Hall–Kier alpha value is -0.820. The van der Waals surface area contributed by atoms with Crippen LogP contribution in [0.1, 0.15) is 6.92 Å². The minimum atomic E-state index is -4.45. The van der Waals surface area contributed by atoms with Crippen LogP contribution in [0.3, 0.4) is 0 Å². The molecule has 1 saturated heterocycles. The lowest BCUT2D eigenvalue weighted by molar-refractivity contribution is -0.188. The summed E-state index contributed by atoms with van der Waals surface area (Å²) in [6.45, 7) is 2.64. The molecule has 0 unspecified atom stereocenters. The van der Waals surface area contributed by atoms with E-state index in [1.54, 1.807) is 6.92 Å². The summed E-state index contributed by atoms with van der Waals surface area (Å²) in [7, 11) is 0. The Balaban J connectivity index is 2.57. The number of carboxylic acid groups (broad SMARTS) is 1. The minimum absolute atomic E-state index is 0.0629. The van der Waals surface area contributed by atoms with Crippen molar-refractivity contribution in [2.75, 3.05) is 32.8 Å². The topological polar surface area (TPSA) is 49.8 Å². The number of ether oxygens (including phenoxy) is 1. The molecule has 2 atom stereocenters. The lowest BCUT2D eigenvalue weighted by Gasteiger charge is -2.18. The predicted molar refractivity (Wildman–Crippen MR) is 53.6 cm³/mol. The highest BCUT2D eigenvalue weighted by atomic mass is 19.4. The van der Waals surface area contributed by atoms with E-state index in [9.17, 15) is 18.0 Å². The molecular formula is C10H16F3NO3. The first-order valence-corrected chi connectivity index (χ1v) is 5.45. The van der Waals surface area contributed by atoms with E-state index in [2.05, 4.69) is 0 Å². The van der Waals surface area contributed by atoms with Crippen LogP contribution >= 0.6 is 0 Å². The summed E-state index contributed by atoms with van der Waals surface area (Å²) in [5, 5.41) is 8.78. The van der Waals surface area contributed by atoms with Gasteiger partial charge in [0.25, 0.3) is 0 Å². The van der Waals surface area contributed by atoms with E-state index in [4.69, 9.17) is 9.84 Å². The van der Waals surface area contributed by atoms with Crippen molar-refractivity contribution in [1.82, 2.24) is 4.90 Å². The Morgan fingerprint density at radius 3 is 2.53 bits per heavy atom. The monoisotopic (exact) mass is 255 g/mol. The molecule has 0 aromatic carbocycles. The van der Waals surface area contributed by atoms with Crippen molar-refractivity contribution in [2.24, 2.45) is 11.8 Å². The van der Waals surface area contributed by atoms with Gasteiger partial charge in [0.1, 0.15) is 0 Å². The highest BCUT2D eigenvalue weighted by molar-refractivity contribution is 5.71. The number of carboxylic acids is 1. The first-order valence-electron chi connectivity index (χ1n) is 5.45. The summed E-state index contributed by atoms with van der Waals surface area (Å²) in [6, 6.07) is 0. The van der Waals surface area contributed by atoms with E-state index in [1.807, 2.05) is 0 Å². The standard InChI is InChI=1S/C10H16F3NO3/c1-2-17-4-3-14-5-7(9(15)16)8(6-14)10(11,12)13/h7-8H,2-6H2,1H3,(H,15,16)/t7-,8-/m1/s1. The van der Waals surface area contributed by atoms with Crippen molar-refractivity contribution >= 4 is 5.97 Å². The van der Waals surface area contributed by atoms with Gasteiger partial charge in [0, 0.05) is 26.2 Å². The average Bonchev–Trinajstić information content (AvgIpc) is 2.62. The van der Waals surface area contributed by atoms with Gasteiger partial charge in [-0.05, 0) is 6.92 Å². The molecule has 1 aliphatic heterocycles. The van der Waals surface area contributed by atoms with Gasteiger partial charge in [0.05, 0.1) is 18.4 Å². The third-order valence-electron chi connectivity index (χ3n) is 2.89. The number of halogens is 3. The van der Waals surface area contributed by atoms with E-state index < -0.39 is 24.0 Å². The third kappa shape index (κ3) is 3.85. The number of hydrogen-bond acceptors (Lipinski definition) is 3. The van der Waals surface area contributed by atoms with E-state index in [-0.39, 0.29) is 13.1 Å². The highest BCUT2D eigenvalue weighted by Crippen LogP contribution is 2.37. The fraction of sp³-hybridized carbons (Fsp3) is 0.900. The van der Waals surface area contributed by atoms with Crippen LogP contribution in [0.4, 0.5) is 13.2 Å². The Kier molecular flexibility index (Phi) is 4.76. The molecular weight excluding hydrogens is 239 g/mol. The van der Waals surface area contributed by atoms with Gasteiger partial charge in [-0.15, -0.1) is 0 Å². The minimum Gasteiger partial charge on any atom is -0.481 e. The lowest BCUT2D eigenvalue weighted by atomic mass is 9.96. The number of alkyl halides is 3. The summed E-state index contributed by atoms with van der Waals surface area (Å²) in [5.41, 5.74) is 0. The molecule has 0 saturated carbocycles. The van der Waals surface area contributed by atoms with Crippen molar-refractivity contribution in [3.8, 4) is 0 Å². The molecule has 1 aliphatic rings. The van der Waals surface area contributed by atoms with Crippen LogP contribution in [-0.2, 0) is 9.53 Å². The molecule has 0 aromatic heterocycles. The van der Waals surface area contributed by atoms with E-state index >= 15 is 0 Å². The maximum atomic E-state index is 12.6. The molecule has 0 amide bonds. The van der Waals surface area contributed by atoms with Crippen LogP contribution < -0.4 is 0 Å². The first-order chi connectivity index (χ1) is 7.86. The zero-order valence-electron chi connectivity index (χ0n) is 9.54. The van der Waals surface area contributed by atoms with Gasteiger partial charge in [-0.1, -0.05) is 0 Å². The molecule has 100 valence electrons. The van der Waals surface area contributed by atoms with Gasteiger partial charge in [-0.25, -0.2) is 0 Å². The molecule has 0 aromatic rings. The van der Waals surface area contributed by atoms with Crippen molar-refractivity contribution in [2.45, 2.75) is 13.1 Å². The van der Waals surface area contributed by atoms with Crippen molar-refractivity contribution < 1.29 is 27.8 Å². The molecule has 4 nitrogen and oxygen atoms in total. The number of carbonyl (C=O) groups is 1. The van der Waals surface area contributed by atoms with Crippen LogP contribution in [-0.4, -0.2) is 55.0 Å². The molecule has 7 heteroatoms. The fourth-order valence-electron chi connectivity index (χ4n) is 1.99. The molecule has 1 fully saturated rings. The Bertz CT molecular complexity index is 270. The summed E-state index contributed by atoms with van der Waals surface area (Å²) in [4.78, 5) is 12.3. The maximum Gasteiger partial charge on any atom is 0.393 e. The molecule has 0 aliphatic carbocycles. The highest BCUT2D eigenvalue weighted by Gasteiger charge is 2.52. The Labute approximate surface area is 97.3 Å². The number of likely N-dealkylation sites (tertiary alicyclic amines) is 1. The normalized spacial score (nSPS) is 26.4. The molecule has 0 bridgehead atoms. The summed E-state index contributed by atoms with van der Waals surface area (Å²) < 4.78 is 42.9. The number of rotatable bonds is 5. The van der Waals surface area contributed by atoms with Gasteiger partial charge in [0.2, 0.25) is 0 Å². The molecule has 1 rings (SSSR count). The van der Waals surface area contributed by atoms with Crippen LogP contribution in [0, 0.1) is 11.8 Å². The third-order valence-corrected chi connectivity index (χ3v) is 2.89. The largest absolute Gasteiger partial charge is 0.481 e. The smallest absolute Gasteiger partial charge is 0.393 e. The summed E-state index contributed by atoms with van der Waals surface area (Å²) in [5.74, 6) is -4.52. The Morgan fingerprint density at radius 2 is 2.12 bits per heavy atom. The first kappa shape index (κ1) is 14.2. The quantitative estimate of drug-likeness (QED) is 0.750. The molecule has 1 N–H and O–H groups in total. The van der Waals surface area contributed by atoms with Gasteiger partial charge in [0.15, 0.2) is 0 Å². The second-order valence-corrected chi connectivity index (χ2v) is 4.05. The molecule has 1 heterocycles. The van der Waals surface area contributed by atoms with Gasteiger partial charge < -0.3 is 9.84 Å². The van der Waals surface area contributed by atoms with E-state index in [1.165, 1.54) is 4.90 Å². The van der Waals surface area contributed by atoms with Crippen LogP contribution in [0.15, 0.2) is 0 Å². The lowest BCUT2D eigenvalue weighted by Crippen LogP contribution is -2.33. The predicted octanol–water partition coefficient (Wildman–Crippen LogP) is 1.22. The zero-order chi connectivity index (χ0) is 13.1. The van der Waals surface area contributed by atoms with Crippen LogP contribution in [0.2, 0.25) is 0 Å². The molecule has 17 heavy (non-hydrogen) atoms. The Morgan fingerprint density at radius 1 is 1.47 bits per heavy atom. The summed E-state index contributed by atoms with van der Waals surface area (Å²) >= 11 is 0. The number of hydrogen-bond donors (Lipinski definition) is 1. The number of nitrogens with zero attached hydrogens (tertiary/aromatic N) is 1. The fourth-order valence-corrected chi connectivity index (χ4v) is 1.99. The van der Waals surface area contributed by atoms with Gasteiger partial charge in [-0.2, -0.15) is 13.2 Å². The van der Waals surface area contributed by atoms with Gasteiger partial charge in [-0.3, -0.25) is 9.69 Å². The van der Waals surface area contributed by atoms with Gasteiger partial charge >= 0.3 is 12.1 Å². The maximum absolute atomic E-state index is 12.6. The second kappa shape index (κ2) is 5.68. The van der Waals surface area contributed by atoms with Crippen molar-refractivity contribution in [1.29, 1.82) is 0 Å². The van der Waals surface area contributed by atoms with E-state index in [0.29, 0.717) is 19.8 Å². The molecule has 0 spiro atoms. The average molecular weight is 255 g/mol. The molecule has 0 radical (unpaired) electrons. The van der Waals surface area contributed by atoms with Crippen LogP contribution in [0.25, 0.3) is 0 Å². The SMILES string of the molecule is CCOCCN1C[C@@H](C(F)(F)F)[C@H](C(=O)O)C1. The van der Waals surface area contributed by atoms with Crippen molar-refractivity contribution in [3.05, 3.63) is 0 Å². The number of aliphatic carboxylic acids is 1.